The summed E-state index contributed by atoms with van der Waals surface area (Å²) in [7, 11) is 0. The Hall–Kier alpha value is -0.270. The lowest BCUT2D eigenvalue weighted by molar-refractivity contribution is 0.0412. The summed E-state index contributed by atoms with van der Waals surface area (Å²) >= 11 is 4.52. The lowest BCUT2D eigenvalue weighted by atomic mass is 10.4. The predicted octanol–water partition coefficient (Wildman–Crippen LogP) is -1.96. The highest BCUT2D eigenvalue weighted by atomic mass is 32.1. The molecule has 12 heavy (non-hydrogen) atoms. The van der Waals surface area contributed by atoms with Crippen molar-refractivity contribution in [3.05, 3.63) is 0 Å². The molecule has 2 atom stereocenters. The first-order chi connectivity index (χ1) is 5.61. The van der Waals surface area contributed by atoms with Gasteiger partial charge in [-0.2, -0.15) is 0 Å². The highest BCUT2D eigenvalue weighted by molar-refractivity contribution is 7.80. The van der Waals surface area contributed by atoms with Gasteiger partial charge >= 0.3 is 0 Å². The zero-order chi connectivity index (χ0) is 9.56. The fourth-order valence-electron chi connectivity index (χ4n) is 0.402. The molecule has 0 aliphatic heterocycles. The number of rotatable bonds is 5. The zero-order valence-corrected chi connectivity index (χ0v) is 7.20. The Labute approximate surface area is 75.2 Å². The van der Waals surface area contributed by atoms with Crippen LogP contribution >= 0.6 is 12.2 Å². The van der Waals surface area contributed by atoms with Gasteiger partial charge in [-0.15, -0.1) is 0 Å². The summed E-state index contributed by atoms with van der Waals surface area (Å²) in [6.45, 7) is -1.14. The van der Waals surface area contributed by atoms with Crippen molar-refractivity contribution in [2.45, 2.75) is 12.2 Å². The van der Waals surface area contributed by atoms with E-state index in [0.29, 0.717) is 0 Å². The van der Waals surface area contributed by atoms with Crippen LogP contribution < -0.4 is 0 Å². The quantitative estimate of drug-likeness (QED) is 0.382. The van der Waals surface area contributed by atoms with E-state index in [1.54, 1.807) is 0 Å². The van der Waals surface area contributed by atoms with Gasteiger partial charge in [0.15, 0.2) is 5.05 Å². The predicted molar refractivity (Wildman–Crippen MR) is 44.7 cm³/mol. The van der Waals surface area contributed by atoms with E-state index in [1.165, 1.54) is 0 Å². The van der Waals surface area contributed by atoms with Crippen molar-refractivity contribution >= 4 is 17.3 Å². The molecule has 2 unspecified atom stereocenters. The number of hydrogen-bond donors (Lipinski definition) is 4. The maximum Gasteiger partial charge on any atom is 0.191 e. The Kier molecular flexibility index (Phi) is 6.13. The smallest absolute Gasteiger partial charge is 0.191 e. The zero-order valence-electron chi connectivity index (χ0n) is 6.38. The van der Waals surface area contributed by atoms with Crippen molar-refractivity contribution in [1.29, 1.82) is 0 Å². The molecule has 0 amide bonds. The number of hydrogen-bond acceptors (Lipinski definition) is 6. The van der Waals surface area contributed by atoms with E-state index in [2.05, 4.69) is 17.0 Å². The first-order valence-corrected chi connectivity index (χ1v) is 3.77. The third kappa shape index (κ3) is 4.58. The fraction of sp³-hybridized carbons (Fsp3) is 0.833. The van der Waals surface area contributed by atoms with E-state index in [4.69, 9.17) is 20.4 Å². The summed E-state index contributed by atoms with van der Waals surface area (Å²) in [5, 5.41) is 34.2. The summed E-state index contributed by atoms with van der Waals surface area (Å²) < 4.78 is 4.66. The molecule has 0 spiro atoms. The largest absolute Gasteiger partial charge is 0.482 e. The van der Waals surface area contributed by atoms with Crippen molar-refractivity contribution in [3.63, 3.8) is 0 Å². The van der Waals surface area contributed by atoms with Crippen molar-refractivity contribution in [1.82, 2.24) is 0 Å². The summed E-state index contributed by atoms with van der Waals surface area (Å²) in [5.41, 5.74) is 0. The van der Waals surface area contributed by atoms with Gasteiger partial charge in [-0.3, -0.25) is 0 Å². The molecule has 4 N–H and O–H groups in total. The topological polar surface area (TPSA) is 90.2 Å². The van der Waals surface area contributed by atoms with Gasteiger partial charge < -0.3 is 25.2 Å². The van der Waals surface area contributed by atoms with E-state index in [1.807, 2.05) is 0 Å². The van der Waals surface area contributed by atoms with Crippen LogP contribution in [0.4, 0.5) is 0 Å². The van der Waals surface area contributed by atoms with Crippen LogP contribution in [0, 0.1) is 0 Å². The molecule has 0 aliphatic carbocycles. The Morgan fingerprint density at radius 1 is 1.25 bits per heavy atom. The van der Waals surface area contributed by atoms with Crippen molar-refractivity contribution in [2.75, 3.05) is 19.8 Å². The van der Waals surface area contributed by atoms with Crippen molar-refractivity contribution in [3.8, 4) is 0 Å². The molecule has 72 valence electrons. The van der Waals surface area contributed by atoms with E-state index >= 15 is 0 Å². The van der Waals surface area contributed by atoms with Crippen LogP contribution in [0.2, 0.25) is 0 Å². The first kappa shape index (κ1) is 11.7. The minimum absolute atomic E-state index is 0.188. The maximum atomic E-state index is 8.85. The molecule has 0 heterocycles. The normalized spacial score (nSPS) is 15.3. The molecule has 0 aromatic heterocycles. The van der Waals surface area contributed by atoms with Gasteiger partial charge in [0.1, 0.15) is 18.8 Å². The summed E-state index contributed by atoms with van der Waals surface area (Å²) in [5.74, 6) is 0. The van der Waals surface area contributed by atoms with Crippen LogP contribution in [-0.2, 0) is 4.74 Å². The molecule has 0 aromatic rings. The first-order valence-electron chi connectivity index (χ1n) is 3.36. The molecule has 5 nitrogen and oxygen atoms in total. The molecule has 0 fully saturated rings. The van der Waals surface area contributed by atoms with Crippen LogP contribution in [0.5, 0.6) is 0 Å². The minimum atomic E-state index is -1.22. The Bertz CT molecular complexity index is 140. The third-order valence-corrected chi connectivity index (χ3v) is 1.46. The van der Waals surface area contributed by atoms with Gasteiger partial charge in [0.2, 0.25) is 0 Å². The molecular formula is C6H12O5S. The van der Waals surface area contributed by atoms with Crippen LogP contribution in [0.25, 0.3) is 0 Å². The average molecular weight is 196 g/mol. The van der Waals surface area contributed by atoms with Gasteiger partial charge in [-0.25, -0.2) is 0 Å². The molecule has 0 bridgehead atoms. The van der Waals surface area contributed by atoms with Crippen LogP contribution in [0.15, 0.2) is 0 Å². The van der Waals surface area contributed by atoms with Crippen LogP contribution in [0.1, 0.15) is 0 Å². The van der Waals surface area contributed by atoms with Crippen molar-refractivity contribution < 1.29 is 25.2 Å². The second kappa shape index (κ2) is 6.27. The van der Waals surface area contributed by atoms with Gasteiger partial charge in [0.25, 0.3) is 0 Å². The van der Waals surface area contributed by atoms with Crippen molar-refractivity contribution in [2.24, 2.45) is 0 Å². The number of aliphatic hydroxyl groups excluding tert-OH is 4. The number of thiocarbonyl (C=S) groups is 1. The molecule has 0 radical (unpaired) electrons. The van der Waals surface area contributed by atoms with Gasteiger partial charge in [-0.1, -0.05) is 0 Å². The monoisotopic (exact) mass is 196 g/mol. The molecule has 0 saturated carbocycles. The molecule has 6 heteroatoms. The lowest BCUT2D eigenvalue weighted by Gasteiger charge is -2.12. The van der Waals surface area contributed by atoms with Gasteiger partial charge in [-0.05, 0) is 12.2 Å². The summed E-state index contributed by atoms with van der Waals surface area (Å²) in [6, 6.07) is 0. The average Bonchev–Trinajstić information content (AvgIpc) is 2.11. The SMILES string of the molecule is OCC(O)COC(=S)C(O)CO. The van der Waals surface area contributed by atoms with E-state index in [0.717, 1.165) is 0 Å². The van der Waals surface area contributed by atoms with E-state index in [-0.39, 0.29) is 11.7 Å². The molecule has 0 saturated heterocycles. The Morgan fingerprint density at radius 2 is 1.83 bits per heavy atom. The molecular weight excluding hydrogens is 184 g/mol. The lowest BCUT2D eigenvalue weighted by Crippen LogP contribution is -2.29. The summed E-state index contributed by atoms with van der Waals surface area (Å²) in [6.07, 6.45) is -2.24. The number of ether oxygens (including phenoxy) is 1. The standard InChI is InChI=1S/C6H12O5S/c7-1-4(9)3-11-6(12)5(10)2-8/h4-5,7-10H,1-3H2. The molecule has 0 aliphatic rings. The summed E-state index contributed by atoms with van der Waals surface area (Å²) in [4.78, 5) is 0. The maximum absolute atomic E-state index is 8.85. The highest BCUT2D eigenvalue weighted by Gasteiger charge is 2.12. The fourth-order valence-corrected chi connectivity index (χ4v) is 0.544. The van der Waals surface area contributed by atoms with Crippen LogP contribution in [0.3, 0.4) is 0 Å². The van der Waals surface area contributed by atoms with E-state index < -0.39 is 25.4 Å². The van der Waals surface area contributed by atoms with Crippen LogP contribution in [-0.4, -0.2) is 57.5 Å². The second-order valence-electron chi connectivity index (χ2n) is 2.16. The third-order valence-electron chi connectivity index (χ3n) is 1.07. The van der Waals surface area contributed by atoms with Gasteiger partial charge in [0, 0.05) is 0 Å². The van der Waals surface area contributed by atoms with Gasteiger partial charge in [0.05, 0.1) is 13.2 Å². The molecule has 0 rings (SSSR count). The Morgan fingerprint density at radius 3 is 2.25 bits per heavy atom. The Balaban J connectivity index is 3.56. The van der Waals surface area contributed by atoms with E-state index in [9.17, 15) is 0 Å². The second-order valence-corrected chi connectivity index (χ2v) is 2.57. The minimum Gasteiger partial charge on any atom is -0.482 e. The molecule has 0 aromatic carbocycles. The highest BCUT2D eigenvalue weighted by Crippen LogP contribution is 1.93. The number of aliphatic hydroxyl groups is 4.